The van der Waals surface area contributed by atoms with Crippen molar-refractivity contribution in [3.8, 4) is 0 Å². The molecule has 82 valence electrons. The molecule has 1 fully saturated rings. The van der Waals surface area contributed by atoms with E-state index in [0.29, 0.717) is 0 Å². The Morgan fingerprint density at radius 3 is 2.88 bits per heavy atom. The van der Waals surface area contributed by atoms with Crippen LogP contribution in [0.25, 0.3) is 10.9 Å². The SMILES string of the molecule is c1ccc2c(NCC3CCC3)ncnc2c1. The van der Waals surface area contributed by atoms with Crippen molar-refractivity contribution in [2.45, 2.75) is 19.3 Å². The highest BCUT2D eigenvalue weighted by Gasteiger charge is 2.17. The van der Waals surface area contributed by atoms with Crippen LogP contribution in [0.3, 0.4) is 0 Å². The fraction of sp³-hybridized carbons (Fsp3) is 0.385. The zero-order valence-electron chi connectivity index (χ0n) is 9.19. The molecule has 1 aliphatic rings. The molecular weight excluding hydrogens is 198 g/mol. The van der Waals surface area contributed by atoms with Gasteiger partial charge in [-0.2, -0.15) is 0 Å². The Balaban J connectivity index is 1.84. The third-order valence-electron chi connectivity index (χ3n) is 3.33. The van der Waals surface area contributed by atoms with Crippen LogP contribution in [-0.2, 0) is 0 Å². The van der Waals surface area contributed by atoms with Gasteiger partial charge in [-0.05, 0) is 30.9 Å². The van der Waals surface area contributed by atoms with Crippen molar-refractivity contribution >= 4 is 16.7 Å². The first-order valence-corrected chi connectivity index (χ1v) is 5.87. The maximum atomic E-state index is 4.32. The number of anilines is 1. The van der Waals surface area contributed by atoms with Gasteiger partial charge in [-0.3, -0.25) is 0 Å². The molecule has 0 saturated heterocycles. The fourth-order valence-corrected chi connectivity index (χ4v) is 2.08. The lowest BCUT2D eigenvalue weighted by Crippen LogP contribution is -2.21. The van der Waals surface area contributed by atoms with E-state index >= 15 is 0 Å². The molecule has 1 aromatic heterocycles. The van der Waals surface area contributed by atoms with Crippen molar-refractivity contribution in [2.75, 3.05) is 11.9 Å². The molecule has 1 aliphatic carbocycles. The molecule has 1 N–H and O–H groups in total. The largest absolute Gasteiger partial charge is 0.369 e. The molecule has 0 bridgehead atoms. The average molecular weight is 213 g/mol. The van der Waals surface area contributed by atoms with Gasteiger partial charge in [0.2, 0.25) is 0 Å². The molecule has 3 rings (SSSR count). The summed E-state index contributed by atoms with van der Waals surface area (Å²) in [5.74, 6) is 1.81. The smallest absolute Gasteiger partial charge is 0.137 e. The summed E-state index contributed by atoms with van der Waals surface area (Å²) in [7, 11) is 0. The van der Waals surface area contributed by atoms with Crippen molar-refractivity contribution in [1.82, 2.24) is 9.97 Å². The number of benzene rings is 1. The lowest BCUT2D eigenvalue weighted by Gasteiger charge is -2.25. The average Bonchev–Trinajstić information content (AvgIpc) is 2.27. The number of rotatable bonds is 3. The quantitative estimate of drug-likeness (QED) is 0.852. The molecule has 16 heavy (non-hydrogen) atoms. The highest BCUT2D eigenvalue weighted by Crippen LogP contribution is 2.27. The predicted molar refractivity (Wildman–Crippen MR) is 65.4 cm³/mol. The van der Waals surface area contributed by atoms with E-state index in [-0.39, 0.29) is 0 Å². The minimum Gasteiger partial charge on any atom is -0.369 e. The van der Waals surface area contributed by atoms with E-state index in [4.69, 9.17) is 0 Å². The molecular formula is C13H15N3. The fourth-order valence-electron chi connectivity index (χ4n) is 2.08. The molecule has 0 spiro atoms. The third-order valence-corrected chi connectivity index (χ3v) is 3.33. The van der Waals surface area contributed by atoms with E-state index in [1.54, 1.807) is 6.33 Å². The molecule has 0 aliphatic heterocycles. The molecule has 3 nitrogen and oxygen atoms in total. The summed E-state index contributed by atoms with van der Waals surface area (Å²) in [5.41, 5.74) is 1.01. The van der Waals surface area contributed by atoms with Crippen molar-refractivity contribution in [1.29, 1.82) is 0 Å². The number of hydrogen-bond donors (Lipinski definition) is 1. The molecule has 1 aromatic carbocycles. The molecule has 3 heteroatoms. The van der Waals surface area contributed by atoms with Gasteiger partial charge in [-0.1, -0.05) is 18.6 Å². The number of fused-ring (bicyclic) bond motifs is 1. The van der Waals surface area contributed by atoms with Crippen molar-refractivity contribution < 1.29 is 0 Å². The van der Waals surface area contributed by atoms with Crippen LogP contribution in [-0.4, -0.2) is 16.5 Å². The van der Waals surface area contributed by atoms with Crippen LogP contribution in [0.1, 0.15) is 19.3 Å². The lowest BCUT2D eigenvalue weighted by molar-refractivity contribution is 0.333. The van der Waals surface area contributed by atoms with E-state index in [2.05, 4.69) is 21.4 Å². The van der Waals surface area contributed by atoms with Gasteiger partial charge in [0.25, 0.3) is 0 Å². The Labute approximate surface area is 94.9 Å². The van der Waals surface area contributed by atoms with Crippen LogP contribution in [0.15, 0.2) is 30.6 Å². The number of nitrogens with one attached hydrogen (secondary N) is 1. The minimum atomic E-state index is 0.841. The molecule has 0 amide bonds. The van der Waals surface area contributed by atoms with E-state index < -0.39 is 0 Å². The number of aromatic nitrogens is 2. The van der Waals surface area contributed by atoms with Crippen LogP contribution in [0.2, 0.25) is 0 Å². The van der Waals surface area contributed by atoms with Crippen molar-refractivity contribution in [3.05, 3.63) is 30.6 Å². The summed E-state index contributed by atoms with van der Waals surface area (Å²) >= 11 is 0. The summed E-state index contributed by atoms with van der Waals surface area (Å²) in [5, 5.41) is 4.55. The second kappa shape index (κ2) is 4.08. The molecule has 1 heterocycles. The number of para-hydroxylation sites is 1. The van der Waals surface area contributed by atoms with Gasteiger partial charge in [-0.15, -0.1) is 0 Å². The monoisotopic (exact) mass is 213 g/mol. The first-order valence-electron chi connectivity index (χ1n) is 5.87. The standard InChI is InChI=1S/C13H15N3/c1-2-7-12-11(6-1)13(16-9-15-12)14-8-10-4-3-5-10/h1-2,6-7,9-10H,3-5,8H2,(H,14,15,16). The van der Waals surface area contributed by atoms with E-state index in [0.717, 1.165) is 29.2 Å². The number of hydrogen-bond acceptors (Lipinski definition) is 3. The second-order valence-electron chi connectivity index (χ2n) is 4.42. The Morgan fingerprint density at radius 1 is 1.19 bits per heavy atom. The normalized spacial score (nSPS) is 16.0. The third kappa shape index (κ3) is 1.73. The first-order chi connectivity index (χ1) is 7.93. The molecule has 0 unspecified atom stereocenters. The minimum absolute atomic E-state index is 0.841. The summed E-state index contributed by atoms with van der Waals surface area (Å²) in [4.78, 5) is 8.57. The van der Waals surface area contributed by atoms with Crippen molar-refractivity contribution in [2.24, 2.45) is 5.92 Å². The lowest BCUT2D eigenvalue weighted by atomic mass is 9.85. The second-order valence-corrected chi connectivity index (χ2v) is 4.42. The van der Waals surface area contributed by atoms with E-state index in [1.807, 2.05) is 18.2 Å². The summed E-state index contributed by atoms with van der Waals surface area (Å²) in [6, 6.07) is 8.12. The predicted octanol–water partition coefficient (Wildman–Crippen LogP) is 2.84. The highest BCUT2D eigenvalue weighted by molar-refractivity contribution is 5.88. The molecule has 0 atom stereocenters. The van der Waals surface area contributed by atoms with Gasteiger partial charge in [0.05, 0.1) is 5.52 Å². The van der Waals surface area contributed by atoms with Crippen LogP contribution in [0, 0.1) is 5.92 Å². The molecule has 1 saturated carbocycles. The van der Waals surface area contributed by atoms with E-state index in [9.17, 15) is 0 Å². The van der Waals surface area contributed by atoms with E-state index in [1.165, 1.54) is 19.3 Å². The van der Waals surface area contributed by atoms with Crippen LogP contribution in [0.4, 0.5) is 5.82 Å². The van der Waals surface area contributed by atoms with Gasteiger partial charge >= 0.3 is 0 Å². The maximum Gasteiger partial charge on any atom is 0.137 e. The topological polar surface area (TPSA) is 37.8 Å². The summed E-state index contributed by atoms with van der Waals surface area (Å²) < 4.78 is 0. The summed E-state index contributed by atoms with van der Waals surface area (Å²) in [6.07, 6.45) is 5.73. The van der Waals surface area contributed by atoms with Crippen LogP contribution >= 0.6 is 0 Å². The Kier molecular flexibility index (Phi) is 2.44. The van der Waals surface area contributed by atoms with Gasteiger partial charge in [0.15, 0.2) is 0 Å². The Hall–Kier alpha value is -1.64. The zero-order valence-corrected chi connectivity index (χ0v) is 9.19. The summed E-state index contributed by atoms with van der Waals surface area (Å²) in [6.45, 7) is 1.04. The highest BCUT2D eigenvalue weighted by atomic mass is 15.0. The van der Waals surface area contributed by atoms with Gasteiger partial charge in [0.1, 0.15) is 12.1 Å². The van der Waals surface area contributed by atoms with Gasteiger partial charge < -0.3 is 5.32 Å². The van der Waals surface area contributed by atoms with Crippen LogP contribution in [0.5, 0.6) is 0 Å². The maximum absolute atomic E-state index is 4.32. The van der Waals surface area contributed by atoms with Crippen molar-refractivity contribution in [3.63, 3.8) is 0 Å². The van der Waals surface area contributed by atoms with Gasteiger partial charge in [-0.25, -0.2) is 9.97 Å². The zero-order chi connectivity index (χ0) is 10.8. The Morgan fingerprint density at radius 2 is 2.06 bits per heavy atom. The molecule has 0 radical (unpaired) electrons. The van der Waals surface area contributed by atoms with Crippen LogP contribution < -0.4 is 5.32 Å². The first kappa shape index (κ1) is 9.58. The Bertz CT molecular complexity index is 486. The van der Waals surface area contributed by atoms with Gasteiger partial charge in [0, 0.05) is 11.9 Å². The molecule has 2 aromatic rings. The number of nitrogens with zero attached hydrogens (tertiary/aromatic N) is 2.